The van der Waals surface area contributed by atoms with Crippen molar-refractivity contribution in [1.82, 2.24) is 0 Å². The zero-order chi connectivity index (χ0) is 22.1. The molecule has 2 aromatic carbocycles. The fourth-order valence-electron chi connectivity index (χ4n) is 3.65. The number of ether oxygens (including phenoxy) is 1. The number of rotatable bonds is 6. The van der Waals surface area contributed by atoms with E-state index in [9.17, 15) is 13.2 Å². The molecule has 8 heteroatoms. The van der Waals surface area contributed by atoms with E-state index in [2.05, 4.69) is 0 Å². The van der Waals surface area contributed by atoms with E-state index >= 15 is 0 Å². The van der Waals surface area contributed by atoms with E-state index in [1.165, 1.54) is 32.1 Å². The maximum atomic E-state index is 12.1. The molecule has 0 saturated heterocycles. The van der Waals surface area contributed by atoms with Crippen LogP contribution in [-0.4, -0.2) is 31.0 Å². The van der Waals surface area contributed by atoms with Crippen LogP contribution in [0, 0.1) is 11.3 Å². The maximum absolute atomic E-state index is 12.1. The number of nitrogens with two attached hydrogens (primary N) is 1. The summed E-state index contributed by atoms with van der Waals surface area (Å²) in [6.07, 6.45) is 9.96. The van der Waals surface area contributed by atoms with Crippen molar-refractivity contribution in [1.29, 1.82) is 5.41 Å². The summed E-state index contributed by atoms with van der Waals surface area (Å²) in [4.78, 5) is 12.1. The molecule has 164 valence electrons. The van der Waals surface area contributed by atoms with Crippen LogP contribution >= 0.6 is 0 Å². The average molecular weight is 435 g/mol. The van der Waals surface area contributed by atoms with Gasteiger partial charge >= 0.3 is 5.97 Å². The van der Waals surface area contributed by atoms with E-state index in [1.807, 2.05) is 24.3 Å². The van der Waals surface area contributed by atoms with Crippen LogP contribution in [0.2, 0.25) is 0 Å². The molecule has 1 fully saturated rings. The maximum Gasteiger partial charge on any atom is 0.311 e. The number of hydrogen-bond donors (Lipinski definition) is 3. The van der Waals surface area contributed by atoms with Crippen LogP contribution in [-0.2, 0) is 14.9 Å². The smallest absolute Gasteiger partial charge is 0.311 e. The summed E-state index contributed by atoms with van der Waals surface area (Å²) < 4.78 is 31.4. The highest BCUT2D eigenvalue weighted by molar-refractivity contribution is 7.85. The molecule has 0 spiro atoms. The Balaban J connectivity index is 0.000000575. The van der Waals surface area contributed by atoms with Crippen molar-refractivity contribution < 1.29 is 22.5 Å². The molecule has 4 N–H and O–H groups in total. The minimum Gasteiger partial charge on any atom is -0.427 e. The molecular weight excluding hydrogens is 404 g/mol. The quantitative estimate of drug-likeness (QED) is 0.204. The second-order valence-electron chi connectivity index (χ2n) is 7.74. The molecule has 1 aliphatic rings. The van der Waals surface area contributed by atoms with Crippen LogP contribution in [0.5, 0.6) is 5.75 Å². The topological polar surface area (TPSA) is 131 Å². The van der Waals surface area contributed by atoms with E-state index in [0.717, 1.165) is 29.5 Å². The van der Waals surface area contributed by atoms with E-state index in [-0.39, 0.29) is 11.8 Å². The van der Waals surface area contributed by atoms with E-state index in [1.54, 1.807) is 12.1 Å². The molecule has 30 heavy (non-hydrogen) atoms. The summed E-state index contributed by atoms with van der Waals surface area (Å²) in [5.41, 5.74) is 6.21. The van der Waals surface area contributed by atoms with Gasteiger partial charge in [-0.25, -0.2) is 0 Å². The minimum absolute atomic E-state index is 0.0513. The number of nitrogen functional groups attached to an aromatic ring is 1. The monoisotopic (exact) mass is 434 g/mol. The number of carbonyl (C=O) groups excluding carboxylic acids is 1. The number of hydrogen-bond acceptors (Lipinski definition) is 5. The lowest BCUT2D eigenvalue weighted by Crippen LogP contribution is -2.11. The first-order valence-electron chi connectivity index (χ1n) is 10.1. The highest BCUT2D eigenvalue weighted by Crippen LogP contribution is 2.28. The molecule has 0 aliphatic heterocycles. The second-order valence-corrected chi connectivity index (χ2v) is 9.21. The first-order valence-corrected chi connectivity index (χ1v) is 12.0. The highest BCUT2D eigenvalue weighted by Gasteiger charge is 2.14. The van der Waals surface area contributed by atoms with Crippen molar-refractivity contribution in [3.8, 4) is 5.75 Å². The number of amidine groups is 1. The molecule has 0 atom stereocenters. The average Bonchev–Trinajstić information content (AvgIpc) is 2.67. The summed E-state index contributed by atoms with van der Waals surface area (Å²) in [5, 5.41) is 9.44. The number of carbonyl (C=O) groups is 1. The number of esters is 1. The second kappa shape index (κ2) is 11.1. The molecule has 0 heterocycles. The number of fused-ring (bicyclic) bond motifs is 1. The van der Waals surface area contributed by atoms with Crippen molar-refractivity contribution in [3.05, 3.63) is 42.0 Å². The van der Waals surface area contributed by atoms with E-state index in [4.69, 9.17) is 20.4 Å². The molecule has 7 nitrogen and oxygen atoms in total. The Bertz CT molecular complexity index is 974. The van der Waals surface area contributed by atoms with Crippen LogP contribution in [0.25, 0.3) is 10.8 Å². The first-order chi connectivity index (χ1) is 14.1. The van der Waals surface area contributed by atoms with Gasteiger partial charge in [0.2, 0.25) is 0 Å². The molecule has 0 bridgehead atoms. The summed E-state index contributed by atoms with van der Waals surface area (Å²) >= 11 is 0. The molecule has 0 aromatic heterocycles. The lowest BCUT2D eigenvalue weighted by Gasteiger charge is -2.20. The molecule has 1 saturated carbocycles. The zero-order valence-electron chi connectivity index (χ0n) is 17.3. The van der Waals surface area contributed by atoms with Crippen LogP contribution in [0.15, 0.2) is 36.4 Å². The van der Waals surface area contributed by atoms with Gasteiger partial charge in [-0.2, -0.15) is 8.42 Å². The molecule has 3 rings (SSSR count). The minimum atomic E-state index is -3.67. The largest absolute Gasteiger partial charge is 0.427 e. The Kier molecular flexibility index (Phi) is 8.80. The normalized spacial score (nSPS) is 14.6. The zero-order valence-corrected chi connectivity index (χ0v) is 18.1. The van der Waals surface area contributed by atoms with Gasteiger partial charge in [0.15, 0.2) is 0 Å². The first kappa shape index (κ1) is 23.8. The molecule has 0 amide bonds. The van der Waals surface area contributed by atoms with Gasteiger partial charge in [-0.15, -0.1) is 0 Å². The van der Waals surface area contributed by atoms with Gasteiger partial charge < -0.3 is 10.5 Å². The third-order valence-corrected chi connectivity index (χ3v) is 5.07. The molecular formula is C22H30N2O5S. The van der Waals surface area contributed by atoms with Gasteiger partial charge in [0.25, 0.3) is 10.1 Å². The van der Waals surface area contributed by atoms with Crippen molar-refractivity contribution >= 4 is 32.7 Å². The van der Waals surface area contributed by atoms with Gasteiger partial charge in [0.1, 0.15) is 11.6 Å². The summed E-state index contributed by atoms with van der Waals surface area (Å²) in [5.74, 6) is 1.27. The standard InChI is InChI=1S/C21H26N2O2.CH4O3S/c22-21(23)18-10-9-17-14-19(12-11-16(17)13-18)25-20(24)8-4-7-15-5-2-1-3-6-15;1-5(2,3)4/h9-15H,1-8H2,(H3,22,23);1H3,(H,2,3,4). The Hall–Kier alpha value is -2.45. The SMILES string of the molecule is CS(=O)(=O)O.N=C(N)c1ccc2cc(OC(=O)CCCC3CCCCC3)ccc2c1. The van der Waals surface area contributed by atoms with Gasteiger partial charge in [-0.3, -0.25) is 14.8 Å². The van der Waals surface area contributed by atoms with Crippen LogP contribution < -0.4 is 10.5 Å². The summed E-state index contributed by atoms with van der Waals surface area (Å²) in [7, 11) is -3.67. The van der Waals surface area contributed by atoms with Gasteiger partial charge in [-0.05, 0) is 47.7 Å². The number of benzene rings is 2. The Morgan fingerprint density at radius 1 is 1.13 bits per heavy atom. The highest BCUT2D eigenvalue weighted by atomic mass is 32.2. The summed E-state index contributed by atoms with van der Waals surface area (Å²) in [6.45, 7) is 0. The van der Waals surface area contributed by atoms with Gasteiger partial charge in [0.05, 0.1) is 6.26 Å². The lowest BCUT2D eigenvalue weighted by molar-refractivity contribution is -0.134. The Labute approximate surface area is 177 Å². The predicted octanol–water partition coefficient (Wildman–Crippen LogP) is 4.28. The fourth-order valence-corrected chi connectivity index (χ4v) is 3.65. The third kappa shape index (κ3) is 8.92. The van der Waals surface area contributed by atoms with Gasteiger partial charge in [-0.1, -0.05) is 50.3 Å². The molecule has 1 aliphatic carbocycles. The molecule has 2 aromatic rings. The van der Waals surface area contributed by atoms with Crippen molar-refractivity contribution in [2.75, 3.05) is 6.26 Å². The van der Waals surface area contributed by atoms with Crippen molar-refractivity contribution in [3.63, 3.8) is 0 Å². The third-order valence-electron chi connectivity index (χ3n) is 5.07. The van der Waals surface area contributed by atoms with Crippen molar-refractivity contribution in [2.45, 2.75) is 51.4 Å². The van der Waals surface area contributed by atoms with Crippen LogP contribution in [0.4, 0.5) is 0 Å². The van der Waals surface area contributed by atoms with E-state index < -0.39 is 10.1 Å². The summed E-state index contributed by atoms with van der Waals surface area (Å²) in [6, 6.07) is 11.1. The van der Waals surface area contributed by atoms with Crippen LogP contribution in [0.1, 0.15) is 56.9 Å². The van der Waals surface area contributed by atoms with Gasteiger partial charge in [0, 0.05) is 12.0 Å². The lowest BCUT2D eigenvalue weighted by atomic mass is 9.86. The predicted molar refractivity (Wildman–Crippen MR) is 118 cm³/mol. The molecule has 0 unspecified atom stereocenters. The van der Waals surface area contributed by atoms with Crippen LogP contribution in [0.3, 0.4) is 0 Å². The number of nitrogens with one attached hydrogen (secondary N) is 1. The van der Waals surface area contributed by atoms with Crippen molar-refractivity contribution in [2.24, 2.45) is 11.7 Å². The van der Waals surface area contributed by atoms with E-state index in [0.29, 0.717) is 24.0 Å². The molecule has 0 radical (unpaired) electrons. The fraction of sp³-hybridized carbons (Fsp3) is 0.455. The Morgan fingerprint density at radius 2 is 1.73 bits per heavy atom. The Morgan fingerprint density at radius 3 is 2.37 bits per heavy atom.